The van der Waals surface area contributed by atoms with Crippen LogP contribution in [0.2, 0.25) is 0 Å². The molecule has 6 heteroatoms. The molecular weight excluding hydrogens is 817 g/mol. The molecule has 0 rings (SSSR count). The lowest BCUT2D eigenvalue weighted by atomic mass is 10.0. The Morgan fingerprint density at radius 2 is 0.545 bits per heavy atom. The Balaban J connectivity index is 4.37. The van der Waals surface area contributed by atoms with Gasteiger partial charge in [-0.1, -0.05) is 243 Å². The summed E-state index contributed by atoms with van der Waals surface area (Å²) in [5, 5.41) is 0. The van der Waals surface area contributed by atoms with Crippen LogP contribution in [-0.4, -0.2) is 37.2 Å². The summed E-state index contributed by atoms with van der Waals surface area (Å²) in [7, 11) is 0. The van der Waals surface area contributed by atoms with Gasteiger partial charge >= 0.3 is 17.9 Å². The number of esters is 3. The van der Waals surface area contributed by atoms with E-state index in [9.17, 15) is 14.4 Å². The van der Waals surface area contributed by atoms with Crippen LogP contribution in [0.3, 0.4) is 0 Å². The number of hydrogen-bond acceptors (Lipinski definition) is 6. The van der Waals surface area contributed by atoms with E-state index in [1.54, 1.807) is 0 Å². The van der Waals surface area contributed by atoms with E-state index in [0.717, 1.165) is 83.5 Å². The summed E-state index contributed by atoms with van der Waals surface area (Å²) in [5.41, 5.74) is 0. The Hall–Kier alpha value is -2.63. The monoisotopic (exact) mass is 925 g/mol. The number of carbonyl (C=O) groups excluding carboxylic acids is 3. The first kappa shape index (κ1) is 63.4. The zero-order valence-corrected chi connectivity index (χ0v) is 44.0. The average Bonchev–Trinajstić information content (AvgIpc) is 3.31. The van der Waals surface area contributed by atoms with E-state index in [2.05, 4.69) is 69.4 Å². The van der Waals surface area contributed by atoms with Crippen molar-refractivity contribution in [1.29, 1.82) is 0 Å². The Labute approximate surface area is 409 Å². The van der Waals surface area contributed by atoms with Crippen molar-refractivity contribution in [2.75, 3.05) is 13.2 Å². The predicted molar refractivity (Wildman–Crippen MR) is 284 cm³/mol. The minimum atomic E-state index is -0.778. The highest BCUT2D eigenvalue weighted by Gasteiger charge is 2.19. The van der Waals surface area contributed by atoms with Crippen molar-refractivity contribution >= 4 is 17.9 Å². The average molecular weight is 926 g/mol. The number of rotatable bonds is 52. The molecule has 0 bridgehead atoms. The van der Waals surface area contributed by atoms with Crippen molar-refractivity contribution in [3.8, 4) is 0 Å². The molecule has 0 N–H and O–H groups in total. The molecule has 0 saturated carbocycles. The molecule has 384 valence electrons. The molecule has 1 atom stereocenters. The molecule has 0 aliphatic rings. The Morgan fingerprint density at radius 1 is 0.303 bits per heavy atom. The standard InChI is InChI=1S/C60H108O6/c1-4-7-10-13-16-19-22-25-27-29-31-32-35-38-41-44-47-50-53-59(62)65-56-57(55-64-58(61)52-49-46-43-40-37-34-24-21-18-15-12-9-6-3)66-60(63)54-51-48-45-42-39-36-33-30-28-26-23-20-17-14-11-8-5-2/h17,19-20,22,26-29,57H,4-16,18,21,23-25,30-56H2,1-3H3/b20-17-,22-19-,28-26-,29-27-. The van der Waals surface area contributed by atoms with E-state index < -0.39 is 6.10 Å². The van der Waals surface area contributed by atoms with Crippen molar-refractivity contribution in [3.63, 3.8) is 0 Å². The van der Waals surface area contributed by atoms with Crippen molar-refractivity contribution in [3.05, 3.63) is 48.6 Å². The van der Waals surface area contributed by atoms with E-state index in [-0.39, 0.29) is 31.1 Å². The molecule has 0 radical (unpaired) electrons. The highest BCUT2D eigenvalue weighted by atomic mass is 16.6. The summed E-state index contributed by atoms with van der Waals surface area (Å²) in [6.07, 6.45) is 66.6. The summed E-state index contributed by atoms with van der Waals surface area (Å²) in [4.78, 5) is 38.1. The molecule has 0 heterocycles. The van der Waals surface area contributed by atoms with E-state index in [1.165, 1.54) is 173 Å². The molecule has 0 aromatic carbocycles. The van der Waals surface area contributed by atoms with Crippen LogP contribution in [0.4, 0.5) is 0 Å². The fourth-order valence-corrected chi connectivity index (χ4v) is 8.21. The smallest absolute Gasteiger partial charge is 0.306 e. The Morgan fingerprint density at radius 3 is 0.879 bits per heavy atom. The van der Waals surface area contributed by atoms with E-state index in [0.29, 0.717) is 19.3 Å². The molecule has 6 nitrogen and oxygen atoms in total. The van der Waals surface area contributed by atoms with E-state index in [4.69, 9.17) is 14.2 Å². The van der Waals surface area contributed by atoms with Crippen LogP contribution in [0.5, 0.6) is 0 Å². The van der Waals surface area contributed by atoms with Gasteiger partial charge in [0.1, 0.15) is 13.2 Å². The Kier molecular flexibility index (Phi) is 52.8. The number of unbranched alkanes of at least 4 members (excludes halogenated alkanes) is 33. The second kappa shape index (κ2) is 55.0. The SMILES string of the molecule is CCCCC/C=C\C/C=C\CCCCCCCCCC(=O)OC(COC(=O)CCCCCCCCC/C=C\C/C=C\CCCCCC)COC(=O)CCCCCCCCCCCCCCC. The maximum atomic E-state index is 12.8. The van der Waals surface area contributed by atoms with Gasteiger partial charge in [-0.15, -0.1) is 0 Å². The lowest BCUT2D eigenvalue weighted by Crippen LogP contribution is -2.30. The molecule has 0 aliphatic heterocycles. The third-order valence-corrected chi connectivity index (χ3v) is 12.6. The molecule has 0 aromatic rings. The predicted octanol–water partition coefficient (Wildman–Crippen LogP) is 19.0. The summed E-state index contributed by atoms with van der Waals surface area (Å²) in [6, 6.07) is 0. The van der Waals surface area contributed by atoms with Crippen LogP contribution in [0.25, 0.3) is 0 Å². The number of hydrogen-bond donors (Lipinski definition) is 0. The van der Waals surface area contributed by atoms with Crippen LogP contribution in [-0.2, 0) is 28.6 Å². The topological polar surface area (TPSA) is 78.9 Å². The maximum Gasteiger partial charge on any atom is 0.306 e. The minimum Gasteiger partial charge on any atom is -0.462 e. The summed E-state index contributed by atoms with van der Waals surface area (Å²) in [6.45, 7) is 6.61. The van der Waals surface area contributed by atoms with E-state index >= 15 is 0 Å². The normalized spacial score (nSPS) is 12.3. The molecule has 0 amide bonds. The molecule has 0 aliphatic carbocycles. The van der Waals surface area contributed by atoms with Crippen LogP contribution >= 0.6 is 0 Å². The van der Waals surface area contributed by atoms with Crippen molar-refractivity contribution < 1.29 is 28.6 Å². The van der Waals surface area contributed by atoms with Crippen molar-refractivity contribution in [2.24, 2.45) is 0 Å². The van der Waals surface area contributed by atoms with Crippen molar-refractivity contribution in [1.82, 2.24) is 0 Å². The molecule has 0 aromatic heterocycles. The lowest BCUT2D eigenvalue weighted by molar-refractivity contribution is -0.167. The highest BCUT2D eigenvalue weighted by molar-refractivity contribution is 5.71. The highest BCUT2D eigenvalue weighted by Crippen LogP contribution is 2.16. The van der Waals surface area contributed by atoms with Crippen LogP contribution < -0.4 is 0 Å². The second-order valence-corrected chi connectivity index (χ2v) is 19.2. The van der Waals surface area contributed by atoms with Gasteiger partial charge in [-0.3, -0.25) is 14.4 Å². The first-order valence-electron chi connectivity index (χ1n) is 28.6. The van der Waals surface area contributed by atoms with Gasteiger partial charge in [0, 0.05) is 19.3 Å². The van der Waals surface area contributed by atoms with Gasteiger partial charge in [0.2, 0.25) is 0 Å². The minimum absolute atomic E-state index is 0.0761. The van der Waals surface area contributed by atoms with Gasteiger partial charge in [-0.2, -0.15) is 0 Å². The first-order valence-corrected chi connectivity index (χ1v) is 28.6. The molecule has 0 spiro atoms. The number of allylic oxidation sites excluding steroid dienone is 8. The van der Waals surface area contributed by atoms with Gasteiger partial charge < -0.3 is 14.2 Å². The van der Waals surface area contributed by atoms with Gasteiger partial charge in [0.15, 0.2) is 6.10 Å². The van der Waals surface area contributed by atoms with Crippen LogP contribution in [0.1, 0.15) is 297 Å². The van der Waals surface area contributed by atoms with Gasteiger partial charge in [0.25, 0.3) is 0 Å². The van der Waals surface area contributed by atoms with Gasteiger partial charge in [-0.05, 0) is 83.5 Å². The van der Waals surface area contributed by atoms with Crippen LogP contribution in [0.15, 0.2) is 48.6 Å². The zero-order chi connectivity index (χ0) is 47.9. The molecular formula is C60H108O6. The Bertz CT molecular complexity index is 1150. The fourth-order valence-electron chi connectivity index (χ4n) is 8.21. The summed E-state index contributed by atoms with van der Waals surface area (Å²) in [5.74, 6) is -0.879. The third-order valence-electron chi connectivity index (χ3n) is 12.6. The number of ether oxygens (including phenoxy) is 3. The zero-order valence-electron chi connectivity index (χ0n) is 44.0. The van der Waals surface area contributed by atoms with E-state index in [1.807, 2.05) is 0 Å². The summed E-state index contributed by atoms with van der Waals surface area (Å²) >= 11 is 0. The number of carbonyl (C=O) groups is 3. The third kappa shape index (κ3) is 52.3. The lowest BCUT2D eigenvalue weighted by Gasteiger charge is -2.18. The van der Waals surface area contributed by atoms with Gasteiger partial charge in [0.05, 0.1) is 0 Å². The quantitative estimate of drug-likeness (QED) is 0.0262. The van der Waals surface area contributed by atoms with Gasteiger partial charge in [-0.25, -0.2) is 0 Å². The molecule has 0 fully saturated rings. The fraction of sp³-hybridized carbons (Fsp3) is 0.817. The molecule has 66 heavy (non-hydrogen) atoms. The van der Waals surface area contributed by atoms with Crippen molar-refractivity contribution in [2.45, 2.75) is 303 Å². The largest absolute Gasteiger partial charge is 0.462 e. The molecule has 1 unspecified atom stereocenters. The maximum absolute atomic E-state index is 12.8. The van der Waals surface area contributed by atoms with Crippen LogP contribution in [0, 0.1) is 0 Å². The first-order chi connectivity index (χ1) is 32.5. The molecule has 0 saturated heterocycles. The summed E-state index contributed by atoms with van der Waals surface area (Å²) < 4.78 is 16.9. The second-order valence-electron chi connectivity index (χ2n) is 19.2.